The van der Waals surface area contributed by atoms with E-state index in [4.69, 9.17) is 13.9 Å². The van der Waals surface area contributed by atoms with Gasteiger partial charge in [-0.3, -0.25) is 4.99 Å². The zero-order valence-electron chi connectivity index (χ0n) is 17.1. The molecule has 1 heterocycles. The van der Waals surface area contributed by atoms with Gasteiger partial charge in [0.25, 0.3) is 0 Å². The zero-order valence-corrected chi connectivity index (χ0v) is 17.1. The third kappa shape index (κ3) is 8.92. The molecule has 0 fully saturated rings. The summed E-state index contributed by atoms with van der Waals surface area (Å²) in [7, 11) is 5.84. The summed E-state index contributed by atoms with van der Waals surface area (Å²) in [6.07, 6.45) is 2.54. The van der Waals surface area contributed by atoms with Crippen molar-refractivity contribution >= 4 is 5.96 Å². The summed E-state index contributed by atoms with van der Waals surface area (Å²) in [5.41, 5.74) is 1.15. The summed E-state index contributed by atoms with van der Waals surface area (Å²) < 4.78 is 16.6. The lowest BCUT2D eigenvalue weighted by atomic mass is 10.2. The minimum absolute atomic E-state index is 0.507. The van der Waals surface area contributed by atoms with Crippen LogP contribution in [0.5, 0.6) is 5.75 Å². The fraction of sp³-hybridized carbons (Fsp3) is 0.476. The molecule has 1 aromatic heterocycles. The highest BCUT2D eigenvalue weighted by Crippen LogP contribution is 2.13. The Balaban J connectivity index is 1.62. The molecule has 0 saturated carbocycles. The van der Waals surface area contributed by atoms with E-state index in [0.29, 0.717) is 26.4 Å². The largest absolute Gasteiger partial charge is 0.492 e. The van der Waals surface area contributed by atoms with Gasteiger partial charge in [-0.25, -0.2) is 0 Å². The van der Waals surface area contributed by atoms with Crippen molar-refractivity contribution in [3.05, 3.63) is 54.0 Å². The van der Waals surface area contributed by atoms with Gasteiger partial charge in [0.1, 0.15) is 24.7 Å². The van der Waals surface area contributed by atoms with Crippen LogP contribution in [0.1, 0.15) is 17.7 Å². The van der Waals surface area contributed by atoms with Crippen molar-refractivity contribution in [1.29, 1.82) is 0 Å². The summed E-state index contributed by atoms with van der Waals surface area (Å²) in [6.45, 7) is 4.20. The molecule has 0 bridgehead atoms. The van der Waals surface area contributed by atoms with Crippen LogP contribution in [0.2, 0.25) is 0 Å². The van der Waals surface area contributed by atoms with E-state index >= 15 is 0 Å². The molecular weight excluding hydrogens is 356 g/mol. The Morgan fingerprint density at radius 3 is 2.79 bits per heavy atom. The number of likely N-dealkylation sites (N-methyl/N-ethyl adjacent to an activating group) is 1. The highest BCUT2D eigenvalue weighted by atomic mass is 16.5. The lowest BCUT2D eigenvalue weighted by Crippen LogP contribution is -2.37. The van der Waals surface area contributed by atoms with Crippen LogP contribution < -0.4 is 15.4 Å². The van der Waals surface area contributed by atoms with Crippen LogP contribution in [0.25, 0.3) is 0 Å². The van der Waals surface area contributed by atoms with Crippen LogP contribution >= 0.6 is 0 Å². The lowest BCUT2D eigenvalue weighted by Gasteiger charge is -2.14. The molecule has 7 heteroatoms. The minimum Gasteiger partial charge on any atom is -0.492 e. The molecule has 0 radical (unpaired) electrons. The van der Waals surface area contributed by atoms with Gasteiger partial charge < -0.3 is 29.4 Å². The Labute approximate surface area is 167 Å². The first kappa shape index (κ1) is 21.8. The predicted octanol–water partition coefficient (Wildman–Crippen LogP) is 2.49. The number of guanidine groups is 1. The Hall–Kier alpha value is -2.51. The number of nitrogens with zero attached hydrogens (tertiary/aromatic N) is 2. The average Bonchev–Trinajstić information content (AvgIpc) is 3.20. The second kappa shape index (κ2) is 12.8. The van der Waals surface area contributed by atoms with Crippen LogP contribution in [0, 0.1) is 0 Å². The van der Waals surface area contributed by atoms with Crippen LogP contribution in [0.4, 0.5) is 0 Å². The van der Waals surface area contributed by atoms with Gasteiger partial charge in [-0.2, -0.15) is 0 Å². The van der Waals surface area contributed by atoms with Crippen LogP contribution in [-0.4, -0.2) is 58.3 Å². The van der Waals surface area contributed by atoms with E-state index in [1.807, 2.05) is 38.4 Å². The number of furan rings is 1. The van der Waals surface area contributed by atoms with Crippen molar-refractivity contribution in [2.24, 2.45) is 4.99 Å². The van der Waals surface area contributed by atoms with Crippen molar-refractivity contribution in [2.75, 3.05) is 47.4 Å². The van der Waals surface area contributed by atoms with Crippen molar-refractivity contribution in [3.63, 3.8) is 0 Å². The molecular formula is C21H32N4O3. The van der Waals surface area contributed by atoms with E-state index in [0.717, 1.165) is 42.5 Å². The van der Waals surface area contributed by atoms with Crippen molar-refractivity contribution in [3.8, 4) is 5.75 Å². The van der Waals surface area contributed by atoms with Gasteiger partial charge in [0, 0.05) is 33.3 Å². The second-order valence-corrected chi connectivity index (χ2v) is 6.64. The van der Waals surface area contributed by atoms with E-state index in [1.165, 1.54) is 0 Å². The summed E-state index contributed by atoms with van der Waals surface area (Å²) in [5, 5.41) is 6.61. The molecule has 2 aromatic rings. The van der Waals surface area contributed by atoms with Crippen molar-refractivity contribution < 1.29 is 13.9 Å². The smallest absolute Gasteiger partial charge is 0.191 e. The first-order valence-electron chi connectivity index (χ1n) is 9.58. The number of rotatable bonds is 12. The Kier molecular flexibility index (Phi) is 9.96. The molecule has 0 atom stereocenters. The molecule has 1 aromatic carbocycles. The molecule has 0 spiro atoms. The Bertz CT molecular complexity index is 687. The standard InChI is InChI=1S/C21H32N4O3/c1-22-21(23-10-6-12-26-17-20-9-5-13-27-20)24-16-18-7-4-8-19(15-18)28-14-11-25(2)3/h4-5,7-9,13,15H,6,10-12,14,16-17H2,1-3H3,(H2,22,23,24). The molecule has 2 rings (SSSR count). The van der Waals surface area contributed by atoms with Crippen LogP contribution in [0.15, 0.2) is 52.1 Å². The molecule has 0 amide bonds. The van der Waals surface area contributed by atoms with Gasteiger partial charge in [-0.05, 0) is 50.3 Å². The number of aliphatic imine (C=N–C) groups is 1. The Morgan fingerprint density at radius 1 is 1.14 bits per heavy atom. The van der Waals surface area contributed by atoms with Crippen LogP contribution in [-0.2, 0) is 17.9 Å². The van der Waals surface area contributed by atoms with Gasteiger partial charge in [0.2, 0.25) is 0 Å². The first-order valence-corrected chi connectivity index (χ1v) is 9.58. The maximum atomic E-state index is 5.78. The van der Waals surface area contributed by atoms with Gasteiger partial charge in [0.15, 0.2) is 5.96 Å². The highest BCUT2D eigenvalue weighted by molar-refractivity contribution is 5.79. The summed E-state index contributed by atoms with van der Waals surface area (Å²) in [6, 6.07) is 11.9. The van der Waals surface area contributed by atoms with Crippen molar-refractivity contribution in [1.82, 2.24) is 15.5 Å². The number of ether oxygens (including phenoxy) is 2. The summed E-state index contributed by atoms with van der Waals surface area (Å²) in [4.78, 5) is 6.36. The third-order valence-electron chi connectivity index (χ3n) is 3.97. The monoisotopic (exact) mass is 388 g/mol. The summed E-state index contributed by atoms with van der Waals surface area (Å²) >= 11 is 0. The van der Waals surface area contributed by atoms with Gasteiger partial charge in [0.05, 0.1) is 6.26 Å². The molecule has 154 valence electrons. The number of nitrogens with one attached hydrogen (secondary N) is 2. The quantitative estimate of drug-likeness (QED) is 0.331. The predicted molar refractivity (Wildman–Crippen MR) is 112 cm³/mol. The highest BCUT2D eigenvalue weighted by Gasteiger charge is 2.01. The van der Waals surface area contributed by atoms with Gasteiger partial charge in [-0.1, -0.05) is 12.1 Å². The molecule has 0 aliphatic heterocycles. The van der Waals surface area contributed by atoms with E-state index in [1.54, 1.807) is 13.3 Å². The van der Waals surface area contributed by atoms with Crippen LogP contribution in [0.3, 0.4) is 0 Å². The van der Waals surface area contributed by atoms with E-state index < -0.39 is 0 Å². The molecule has 0 aliphatic carbocycles. The zero-order chi connectivity index (χ0) is 20.0. The number of benzene rings is 1. The third-order valence-corrected chi connectivity index (χ3v) is 3.97. The fourth-order valence-corrected chi connectivity index (χ4v) is 2.45. The SMILES string of the molecule is CN=C(NCCCOCc1ccco1)NCc1cccc(OCCN(C)C)c1. The minimum atomic E-state index is 0.507. The fourth-order valence-electron chi connectivity index (χ4n) is 2.45. The van der Waals surface area contributed by atoms with Gasteiger partial charge >= 0.3 is 0 Å². The molecule has 0 saturated heterocycles. The van der Waals surface area contributed by atoms with E-state index in [9.17, 15) is 0 Å². The van der Waals surface area contributed by atoms with E-state index in [2.05, 4.69) is 32.7 Å². The van der Waals surface area contributed by atoms with Crippen molar-refractivity contribution in [2.45, 2.75) is 19.6 Å². The average molecular weight is 389 g/mol. The van der Waals surface area contributed by atoms with Gasteiger partial charge in [-0.15, -0.1) is 0 Å². The molecule has 28 heavy (non-hydrogen) atoms. The normalized spacial score (nSPS) is 11.6. The van der Waals surface area contributed by atoms with E-state index in [-0.39, 0.29) is 0 Å². The number of hydrogen-bond donors (Lipinski definition) is 2. The number of hydrogen-bond acceptors (Lipinski definition) is 5. The second-order valence-electron chi connectivity index (χ2n) is 6.64. The topological polar surface area (TPSA) is 71.3 Å². The maximum absolute atomic E-state index is 5.78. The first-order chi connectivity index (χ1) is 13.7. The molecule has 0 aliphatic rings. The Morgan fingerprint density at radius 2 is 2.04 bits per heavy atom. The molecule has 2 N–H and O–H groups in total. The molecule has 7 nitrogen and oxygen atoms in total. The lowest BCUT2D eigenvalue weighted by molar-refractivity contribution is 0.105. The molecule has 0 unspecified atom stereocenters. The maximum Gasteiger partial charge on any atom is 0.191 e. The summed E-state index contributed by atoms with van der Waals surface area (Å²) in [5.74, 6) is 2.50.